The summed E-state index contributed by atoms with van der Waals surface area (Å²) < 4.78 is 39.9. The van der Waals surface area contributed by atoms with Gasteiger partial charge in [0.1, 0.15) is 11.2 Å². The zero-order valence-electron chi connectivity index (χ0n) is 27.0. The number of anilines is 2. The second kappa shape index (κ2) is 15.0. The van der Waals surface area contributed by atoms with Gasteiger partial charge in [0.15, 0.2) is 11.5 Å². The van der Waals surface area contributed by atoms with E-state index in [1.807, 2.05) is 43.3 Å². The second-order valence-corrected chi connectivity index (χ2v) is 11.5. The Balaban J connectivity index is 0.000000677. The largest absolute Gasteiger partial charge is 0.481 e. The lowest BCUT2D eigenvalue weighted by molar-refractivity contribution is 0.0968. The van der Waals surface area contributed by atoms with E-state index in [9.17, 15) is 18.4 Å². The molecule has 1 fully saturated rings. The van der Waals surface area contributed by atoms with Crippen LogP contribution in [0.1, 0.15) is 42.6 Å². The molecule has 2 aromatic carbocycles. The van der Waals surface area contributed by atoms with Crippen LogP contribution in [-0.4, -0.2) is 44.4 Å². The number of nitrogens with zero attached hydrogens (tertiary/aromatic N) is 5. The first-order chi connectivity index (χ1) is 23.1. The fourth-order valence-corrected chi connectivity index (χ4v) is 5.75. The number of alkyl halides is 2. The van der Waals surface area contributed by atoms with Crippen molar-refractivity contribution in [2.75, 3.05) is 25.6 Å². The van der Waals surface area contributed by atoms with Gasteiger partial charge in [-0.1, -0.05) is 48.0 Å². The van der Waals surface area contributed by atoms with Crippen LogP contribution in [-0.2, 0) is 25.4 Å². The molecule has 0 radical (unpaired) electrons. The molecular weight excluding hydrogens is 644 g/mol. The average molecular weight is 680 g/mol. The maximum atomic E-state index is 13.7. The molecule has 0 amide bonds. The van der Waals surface area contributed by atoms with Gasteiger partial charge < -0.3 is 20.5 Å². The van der Waals surface area contributed by atoms with E-state index < -0.39 is 23.5 Å². The van der Waals surface area contributed by atoms with Crippen LogP contribution in [0.2, 0.25) is 5.02 Å². The Labute approximate surface area is 280 Å². The van der Waals surface area contributed by atoms with Crippen molar-refractivity contribution in [3.05, 3.63) is 91.3 Å². The van der Waals surface area contributed by atoms with Crippen LogP contribution in [0.15, 0.2) is 58.1 Å². The average Bonchev–Trinajstić information content (AvgIpc) is 3.11. The number of benzene rings is 2. The molecule has 14 heteroatoms. The quantitative estimate of drug-likeness (QED) is 0.210. The molecule has 0 saturated carbocycles. The number of hydrogen-bond donors (Lipinski definition) is 2. The first-order valence-electron chi connectivity index (χ1n) is 15.3. The van der Waals surface area contributed by atoms with E-state index >= 15 is 0 Å². The number of rotatable bonds is 7. The lowest BCUT2D eigenvalue weighted by Gasteiger charge is -2.17. The van der Waals surface area contributed by atoms with E-state index in [0.29, 0.717) is 39.0 Å². The van der Waals surface area contributed by atoms with Gasteiger partial charge in [-0.2, -0.15) is 0 Å². The van der Waals surface area contributed by atoms with E-state index in [-0.39, 0.29) is 23.4 Å². The number of nitrogens with two attached hydrogens (primary N) is 1. The molecule has 1 saturated heterocycles. The fourth-order valence-electron chi connectivity index (χ4n) is 5.43. The van der Waals surface area contributed by atoms with Crippen LogP contribution in [0.4, 0.5) is 20.3 Å². The van der Waals surface area contributed by atoms with Gasteiger partial charge in [-0.3, -0.25) is 13.9 Å². The summed E-state index contributed by atoms with van der Waals surface area (Å²) in [6, 6.07) is 14.5. The topological polar surface area (TPSA) is 139 Å². The Morgan fingerprint density at radius 2 is 1.65 bits per heavy atom. The van der Waals surface area contributed by atoms with Crippen molar-refractivity contribution in [3.8, 4) is 28.3 Å². The molecule has 0 atom stereocenters. The monoisotopic (exact) mass is 679 g/mol. The summed E-state index contributed by atoms with van der Waals surface area (Å²) in [5.74, 6) is -0.563. The van der Waals surface area contributed by atoms with Crippen molar-refractivity contribution in [2.24, 2.45) is 19.8 Å². The van der Waals surface area contributed by atoms with E-state index in [0.717, 1.165) is 33.5 Å². The van der Waals surface area contributed by atoms with Crippen molar-refractivity contribution in [1.29, 1.82) is 0 Å². The Hall–Kier alpha value is -4.72. The molecule has 3 aromatic heterocycles. The Bertz CT molecular complexity index is 2070. The summed E-state index contributed by atoms with van der Waals surface area (Å²) in [7, 11) is 4.17. The molecule has 1 aliphatic heterocycles. The van der Waals surface area contributed by atoms with Crippen molar-refractivity contribution < 1.29 is 18.3 Å². The highest BCUT2D eigenvalue weighted by Gasteiger charge is 2.22. The minimum atomic E-state index is -3.03. The van der Waals surface area contributed by atoms with Crippen LogP contribution in [0.3, 0.4) is 0 Å². The van der Waals surface area contributed by atoms with E-state index in [1.165, 1.54) is 40.5 Å². The molecule has 48 heavy (non-hydrogen) atoms. The van der Waals surface area contributed by atoms with Crippen LogP contribution < -0.4 is 27.0 Å². The van der Waals surface area contributed by atoms with Crippen molar-refractivity contribution >= 4 is 34.1 Å². The number of methoxy groups -OCH3 is 1. The minimum Gasteiger partial charge on any atom is -0.481 e. The van der Waals surface area contributed by atoms with Crippen LogP contribution >= 0.6 is 11.6 Å². The molecule has 5 aromatic rings. The van der Waals surface area contributed by atoms with Gasteiger partial charge in [-0.15, -0.1) is 0 Å². The van der Waals surface area contributed by atoms with Gasteiger partial charge >= 0.3 is 5.69 Å². The summed E-state index contributed by atoms with van der Waals surface area (Å²) >= 11 is 6.93. The summed E-state index contributed by atoms with van der Waals surface area (Å²) in [5.41, 5.74) is 8.80. The van der Waals surface area contributed by atoms with Gasteiger partial charge in [-0.05, 0) is 49.4 Å². The van der Waals surface area contributed by atoms with Gasteiger partial charge in [0.25, 0.3) is 12.0 Å². The molecule has 6 rings (SSSR count). The van der Waals surface area contributed by atoms with Gasteiger partial charge in [0, 0.05) is 56.2 Å². The minimum absolute atomic E-state index is 0.102. The van der Waals surface area contributed by atoms with Crippen LogP contribution in [0.5, 0.6) is 5.88 Å². The normalized spacial score (nSPS) is 12.9. The van der Waals surface area contributed by atoms with E-state index in [2.05, 4.69) is 20.3 Å². The zero-order chi connectivity index (χ0) is 34.5. The van der Waals surface area contributed by atoms with Gasteiger partial charge in [0.05, 0.1) is 17.8 Å². The highest BCUT2D eigenvalue weighted by atomic mass is 35.5. The van der Waals surface area contributed by atoms with Crippen molar-refractivity contribution in [1.82, 2.24) is 24.1 Å². The standard InChI is InChI=1S/C29H26ClF2N7O3.C5H10O/c1-14-16(17-8-5-9-18(22(17)30)20-12-11-15(13-33)27(35-20)42-4)7-6-10-19(14)34-24-21-26(37-25(36-24)23(31)32)38(2)29(41)39(3)28(21)40;1-2-4-6-5-3-1/h5-12,23H,13,33H2,1-4H3,(H,34,36,37);1-5H2. The van der Waals surface area contributed by atoms with E-state index in [4.69, 9.17) is 26.8 Å². The number of ether oxygens (including phenoxy) is 2. The number of fused-ring (bicyclic) bond motifs is 1. The predicted molar refractivity (Wildman–Crippen MR) is 182 cm³/mol. The fraction of sp³-hybridized carbons (Fsp3) is 0.324. The molecule has 0 aliphatic carbocycles. The second-order valence-electron chi connectivity index (χ2n) is 11.1. The maximum Gasteiger partial charge on any atom is 0.332 e. The highest BCUT2D eigenvalue weighted by Crippen LogP contribution is 2.40. The van der Waals surface area contributed by atoms with Crippen molar-refractivity contribution in [2.45, 2.75) is 39.2 Å². The molecule has 252 valence electrons. The molecule has 4 heterocycles. The molecule has 0 spiro atoms. The summed E-state index contributed by atoms with van der Waals surface area (Å²) in [5, 5.41) is 3.36. The third-order valence-electron chi connectivity index (χ3n) is 8.09. The number of aromatic nitrogens is 5. The molecule has 11 nitrogen and oxygen atoms in total. The maximum absolute atomic E-state index is 13.7. The summed E-state index contributed by atoms with van der Waals surface area (Å²) in [6.07, 6.45) is 0.897. The summed E-state index contributed by atoms with van der Waals surface area (Å²) in [4.78, 5) is 37.9. The van der Waals surface area contributed by atoms with Gasteiger partial charge in [0.2, 0.25) is 5.88 Å². The lowest BCUT2D eigenvalue weighted by Crippen LogP contribution is -2.38. The number of halogens is 3. The lowest BCUT2D eigenvalue weighted by atomic mass is 9.96. The Morgan fingerprint density at radius 3 is 2.27 bits per heavy atom. The van der Waals surface area contributed by atoms with Crippen LogP contribution in [0.25, 0.3) is 33.4 Å². The summed E-state index contributed by atoms with van der Waals surface area (Å²) in [6.45, 7) is 4.09. The number of hydrogen-bond acceptors (Lipinski definition) is 9. The third kappa shape index (κ3) is 6.93. The zero-order valence-corrected chi connectivity index (χ0v) is 27.8. The predicted octanol–water partition coefficient (Wildman–Crippen LogP) is 6.05. The van der Waals surface area contributed by atoms with Gasteiger partial charge in [-0.25, -0.2) is 28.5 Å². The number of pyridine rings is 1. The molecule has 1 aliphatic rings. The van der Waals surface area contributed by atoms with Crippen molar-refractivity contribution in [3.63, 3.8) is 0 Å². The SMILES string of the molecule is C1CCOCC1.COc1nc(-c2cccc(-c3cccc(Nc4nc(C(F)F)nc5c4c(=O)n(C)c(=O)n5C)c3C)c2Cl)ccc1CN. The molecular formula is C34H36ClF2N7O4. The first kappa shape index (κ1) is 34.6. The molecule has 0 bridgehead atoms. The van der Waals surface area contributed by atoms with E-state index in [1.54, 1.807) is 12.1 Å². The molecule has 0 unspecified atom stereocenters. The highest BCUT2D eigenvalue weighted by molar-refractivity contribution is 6.36. The first-order valence-corrected chi connectivity index (χ1v) is 15.7. The Morgan fingerprint density at radius 1 is 0.958 bits per heavy atom. The molecule has 3 N–H and O–H groups in total. The third-order valence-corrected chi connectivity index (χ3v) is 8.50. The number of aryl methyl sites for hydroxylation is 1. The smallest absolute Gasteiger partial charge is 0.332 e. The number of nitrogens with one attached hydrogen (secondary N) is 1. The Kier molecular flexibility index (Phi) is 10.8. The van der Waals surface area contributed by atoms with Crippen LogP contribution in [0, 0.1) is 6.92 Å².